The second kappa shape index (κ2) is 11.6. The van der Waals surface area contributed by atoms with Gasteiger partial charge in [0.15, 0.2) is 0 Å². The minimum Gasteiger partial charge on any atom is -0.478 e. The van der Waals surface area contributed by atoms with Crippen LogP contribution in [0.2, 0.25) is 0 Å². The third-order valence-corrected chi connectivity index (χ3v) is 8.78. The van der Waals surface area contributed by atoms with Gasteiger partial charge in [0, 0.05) is 12.0 Å². The van der Waals surface area contributed by atoms with E-state index in [0.717, 1.165) is 22.3 Å². The van der Waals surface area contributed by atoms with Crippen molar-refractivity contribution in [2.75, 3.05) is 0 Å². The van der Waals surface area contributed by atoms with Gasteiger partial charge < -0.3 is 5.11 Å². The van der Waals surface area contributed by atoms with E-state index in [9.17, 15) is 9.90 Å². The van der Waals surface area contributed by atoms with Gasteiger partial charge in [-0.1, -0.05) is 140 Å². The topological polar surface area (TPSA) is 37.3 Å². The molecule has 0 heterocycles. The summed E-state index contributed by atoms with van der Waals surface area (Å²) in [6.07, 6.45) is 2.11. The number of carbonyl (C=O) groups is 1. The average Bonchev–Trinajstić information content (AvgIpc) is 2.95. The molecule has 0 radical (unpaired) electrons. The fourth-order valence-corrected chi connectivity index (χ4v) is 7.03. The van der Waals surface area contributed by atoms with E-state index >= 15 is 0 Å². The van der Waals surface area contributed by atoms with Crippen LogP contribution in [0.3, 0.4) is 0 Å². The van der Waals surface area contributed by atoms with E-state index in [1.54, 1.807) is 6.08 Å². The van der Waals surface area contributed by atoms with Gasteiger partial charge in [0.25, 0.3) is 0 Å². The molecule has 0 unspecified atom stereocenters. The first kappa shape index (κ1) is 24.4. The molecule has 5 rings (SSSR count). The molecular weight excluding hydrogens is 471 g/mol. The summed E-state index contributed by atoms with van der Waals surface area (Å²) in [6.45, 7) is 0. The van der Waals surface area contributed by atoms with Crippen LogP contribution in [0.15, 0.2) is 145 Å². The first-order valence-corrected chi connectivity index (χ1v) is 13.6. The number of carboxylic acids is 1. The highest BCUT2D eigenvalue weighted by Crippen LogP contribution is 2.38. The Hall–Kier alpha value is -4.26. The van der Waals surface area contributed by atoms with Crippen molar-refractivity contribution in [1.82, 2.24) is 0 Å². The lowest BCUT2D eigenvalue weighted by Gasteiger charge is -2.23. The maximum absolute atomic E-state index is 12.2. The molecule has 0 aliphatic carbocycles. The van der Waals surface area contributed by atoms with E-state index < -0.39 is 13.9 Å². The van der Waals surface area contributed by atoms with Crippen LogP contribution >= 0.6 is 7.92 Å². The van der Waals surface area contributed by atoms with Crippen LogP contribution in [0.1, 0.15) is 11.1 Å². The van der Waals surface area contributed by atoms with Gasteiger partial charge in [0.2, 0.25) is 0 Å². The summed E-state index contributed by atoms with van der Waals surface area (Å²) in [5.74, 6) is -0.900. The van der Waals surface area contributed by atoms with Crippen molar-refractivity contribution in [3.63, 3.8) is 0 Å². The molecule has 0 aliphatic rings. The molecule has 5 aromatic carbocycles. The van der Waals surface area contributed by atoms with E-state index in [0.29, 0.717) is 12.0 Å². The maximum Gasteiger partial charge on any atom is 0.331 e. The molecule has 180 valence electrons. The second-order valence-corrected chi connectivity index (χ2v) is 10.9. The molecule has 1 N–H and O–H groups in total. The van der Waals surface area contributed by atoms with Crippen LogP contribution in [0.4, 0.5) is 0 Å². The summed E-state index contributed by atoms with van der Waals surface area (Å²) < 4.78 is 0. The van der Waals surface area contributed by atoms with Crippen molar-refractivity contribution >= 4 is 35.9 Å². The number of rotatable bonds is 8. The van der Waals surface area contributed by atoms with Gasteiger partial charge in [-0.3, -0.25) is 0 Å². The van der Waals surface area contributed by atoms with Crippen LogP contribution in [0, 0.1) is 0 Å². The fraction of sp³-hybridized carbons (Fsp3) is 0.0294. The lowest BCUT2D eigenvalue weighted by atomic mass is 9.94. The third kappa shape index (κ3) is 5.77. The Bertz CT molecular complexity index is 1470. The zero-order valence-electron chi connectivity index (χ0n) is 20.4. The maximum atomic E-state index is 12.2. The standard InChI is InChI=1S/C34H27O2P/c35-34(36)28(24-26-14-4-1-5-15-26)25-27-16-10-11-21-31(27)32-22-12-13-23-33(32)37(29-17-6-2-7-18-29)30-19-8-3-9-20-30/h1-24H,25H2,(H,35,36)/b28-24+. The average molecular weight is 499 g/mol. The van der Waals surface area contributed by atoms with Gasteiger partial charge in [-0.15, -0.1) is 0 Å². The highest BCUT2D eigenvalue weighted by atomic mass is 31.1. The van der Waals surface area contributed by atoms with Gasteiger partial charge in [-0.05, 0) is 52.2 Å². The molecule has 0 bridgehead atoms. The van der Waals surface area contributed by atoms with Crippen LogP contribution in [0.25, 0.3) is 17.2 Å². The number of benzene rings is 5. The number of aliphatic carboxylic acids is 1. The summed E-state index contributed by atoms with van der Waals surface area (Å²) >= 11 is 0. The molecular formula is C34H27O2P. The van der Waals surface area contributed by atoms with Crippen molar-refractivity contribution < 1.29 is 9.90 Å². The van der Waals surface area contributed by atoms with Crippen molar-refractivity contribution in [3.8, 4) is 11.1 Å². The van der Waals surface area contributed by atoms with Gasteiger partial charge in [0.05, 0.1) is 0 Å². The zero-order valence-corrected chi connectivity index (χ0v) is 21.3. The summed E-state index contributed by atoms with van der Waals surface area (Å²) in [6, 6.07) is 47.6. The Labute approximate surface area is 219 Å². The molecule has 37 heavy (non-hydrogen) atoms. The lowest BCUT2D eigenvalue weighted by molar-refractivity contribution is -0.132. The van der Waals surface area contributed by atoms with Crippen LogP contribution < -0.4 is 15.9 Å². The van der Waals surface area contributed by atoms with Crippen LogP contribution in [-0.4, -0.2) is 11.1 Å². The highest BCUT2D eigenvalue weighted by Gasteiger charge is 2.21. The molecule has 2 nitrogen and oxygen atoms in total. The Morgan fingerprint density at radius 1 is 0.595 bits per heavy atom. The molecule has 0 saturated heterocycles. The van der Waals surface area contributed by atoms with Crippen LogP contribution in [-0.2, 0) is 11.2 Å². The van der Waals surface area contributed by atoms with Gasteiger partial charge in [0.1, 0.15) is 0 Å². The highest BCUT2D eigenvalue weighted by molar-refractivity contribution is 7.80. The number of hydrogen-bond acceptors (Lipinski definition) is 1. The lowest BCUT2D eigenvalue weighted by Crippen LogP contribution is -2.22. The molecule has 0 aromatic heterocycles. The number of hydrogen-bond donors (Lipinski definition) is 1. The zero-order chi connectivity index (χ0) is 25.5. The fourth-order valence-electron chi connectivity index (χ4n) is 4.56. The van der Waals surface area contributed by atoms with E-state index in [1.807, 2.05) is 48.5 Å². The SMILES string of the molecule is O=C(O)/C(=C/c1ccccc1)Cc1ccccc1-c1ccccc1P(c1ccccc1)c1ccccc1. The third-order valence-electron chi connectivity index (χ3n) is 6.28. The molecule has 0 saturated carbocycles. The molecule has 0 aliphatic heterocycles. The summed E-state index contributed by atoms with van der Waals surface area (Å²) in [5.41, 5.74) is 4.45. The predicted molar refractivity (Wildman–Crippen MR) is 156 cm³/mol. The van der Waals surface area contributed by atoms with Crippen molar-refractivity contribution in [3.05, 3.63) is 156 Å². The van der Waals surface area contributed by atoms with E-state index in [1.165, 1.54) is 15.9 Å². The van der Waals surface area contributed by atoms with Gasteiger partial charge in [-0.25, -0.2) is 4.79 Å². The Morgan fingerprint density at radius 3 is 1.68 bits per heavy atom. The Morgan fingerprint density at radius 2 is 1.08 bits per heavy atom. The predicted octanol–water partition coefficient (Wildman–Crippen LogP) is 6.82. The van der Waals surface area contributed by atoms with E-state index in [4.69, 9.17) is 0 Å². The first-order chi connectivity index (χ1) is 18.2. The van der Waals surface area contributed by atoms with Gasteiger partial charge in [-0.2, -0.15) is 0 Å². The van der Waals surface area contributed by atoms with E-state index in [2.05, 4.69) is 91.0 Å². The molecule has 0 amide bonds. The minimum atomic E-state index is -0.900. The Kier molecular flexibility index (Phi) is 7.69. The quantitative estimate of drug-likeness (QED) is 0.188. The first-order valence-electron chi connectivity index (χ1n) is 12.3. The largest absolute Gasteiger partial charge is 0.478 e. The minimum absolute atomic E-state index is 0.337. The summed E-state index contributed by atoms with van der Waals surface area (Å²) in [5, 5.41) is 13.9. The molecule has 5 aromatic rings. The monoisotopic (exact) mass is 498 g/mol. The van der Waals surface area contributed by atoms with Crippen molar-refractivity contribution in [2.24, 2.45) is 0 Å². The summed E-state index contributed by atoms with van der Waals surface area (Å²) in [4.78, 5) is 12.2. The van der Waals surface area contributed by atoms with Crippen molar-refractivity contribution in [2.45, 2.75) is 6.42 Å². The van der Waals surface area contributed by atoms with Crippen LogP contribution in [0.5, 0.6) is 0 Å². The normalized spacial score (nSPS) is 11.4. The van der Waals surface area contributed by atoms with E-state index in [-0.39, 0.29) is 0 Å². The van der Waals surface area contributed by atoms with Gasteiger partial charge >= 0.3 is 5.97 Å². The van der Waals surface area contributed by atoms with Crippen molar-refractivity contribution in [1.29, 1.82) is 0 Å². The molecule has 0 spiro atoms. The molecule has 3 heteroatoms. The summed E-state index contributed by atoms with van der Waals surface area (Å²) in [7, 11) is -0.806. The molecule has 0 fully saturated rings. The Balaban J connectivity index is 1.63. The molecule has 0 atom stereocenters. The second-order valence-electron chi connectivity index (χ2n) is 8.74. The smallest absolute Gasteiger partial charge is 0.331 e. The number of carboxylic acid groups (broad SMARTS) is 1.